The Labute approximate surface area is 89.6 Å². The minimum absolute atomic E-state index is 0.730. The molecular weight excluding hydrogens is 188 g/mol. The van der Waals surface area contributed by atoms with Crippen molar-refractivity contribution >= 4 is 11.0 Å². The first-order valence-corrected chi connectivity index (χ1v) is 5.46. The van der Waals surface area contributed by atoms with Gasteiger partial charge >= 0.3 is 0 Å². The molecule has 1 aromatic carbocycles. The SMILES string of the molecule is CCCOn1c(CC)nc2ccccc21. The number of aromatic nitrogens is 2. The standard InChI is InChI=1S/C12H16N2O/c1-3-9-15-14-11-8-6-5-7-10(11)13-12(14)4-2/h5-8H,3-4,9H2,1-2H3. The monoisotopic (exact) mass is 204 g/mol. The van der Waals surface area contributed by atoms with Gasteiger partial charge in [0.2, 0.25) is 0 Å². The molecular formula is C12H16N2O. The van der Waals surface area contributed by atoms with Crippen molar-refractivity contribution in [3.63, 3.8) is 0 Å². The highest BCUT2D eigenvalue weighted by molar-refractivity contribution is 5.75. The van der Waals surface area contributed by atoms with Gasteiger partial charge in [-0.15, -0.1) is 0 Å². The third kappa shape index (κ3) is 1.82. The molecule has 15 heavy (non-hydrogen) atoms. The molecule has 0 N–H and O–H groups in total. The van der Waals surface area contributed by atoms with E-state index >= 15 is 0 Å². The number of nitrogens with zero attached hydrogens (tertiary/aromatic N) is 2. The molecule has 0 unspecified atom stereocenters. The van der Waals surface area contributed by atoms with Crippen LogP contribution in [0.5, 0.6) is 0 Å². The third-order valence-electron chi connectivity index (χ3n) is 2.33. The Kier molecular flexibility index (Phi) is 2.90. The van der Waals surface area contributed by atoms with E-state index in [2.05, 4.69) is 18.8 Å². The molecule has 80 valence electrons. The molecule has 0 amide bonds. The van der Waals surface area contributed by atoms with Crippen LogP contribution in [0, 0.1) is 0 Å². The molecule has 0 saturated carbocycles. The van der Waals surface area contributed by atoms with Crippen molar-refractivity contribution in [2.45, 2.75) is 26.7 Å². The number of imidazole rings is 1. The summed E-state index contributed by atoms with van der Waals surface area (Å²) in [6.07, 6.45) is 1.90. The average Bonchev–Trinajstić information content (AvgIpc) is 2.64. The number of rotatable bonds is 4. The average molecular weight is 204 g/mol. The first kappa shape index (κ1) is 10.0. The molecule has 0 radical (unpaired) electrons. The topological polar surface area (TPSA) is 27.1 Å². The fraction of sp³-hybridized carbons (Fsp3) is 0.417. The smallest absolute Gasteiger partial charge is 0.145 e. The van der Waals surface area contributed by atoms with Crippen LogP contribution in [0.2, 0.25) is 0 Å². The quantitative estimate of drug-likeness (QED) is 0.764. The van der Waals surface area contributed by atoms with Gasteiger partial charge in [0.25, 0.3) is 0 Å². The summed E-state index contributed by atoms with van der Waals surface area (Å²) >= 11 is 0. The first-order valence-electron chi connectivity index (χ1n) is 5.46. The third-order valence-corrected chi connectivity index (χ3v) is 2.33. The molecule has 0 aliphatic heterocycles. The van der Waals surface area contributed by atoms with Crippen LogP contribution >= 0.6 is 0 Å². The molecule has 0 fully saturated rings. The first-order chi connectivity index (χ1) is 7.36. The minimum Gasteiger partial charge on any atom is -0.412 e. The lowest BCUT2D eigenvalue weighted by Gasteiger charge is -2.08. The second-order valence-corrected chi connectivity index (χ2v) is 3.50. The maximum Gasteiger partial charge on any atom is 0.145 e. The summed E-state index contributed by atoms with van der Waals surface area (Å²) in [6, 6.07) is 8.06. The van der Waals surface area contributed by atoms with Crippen molar-refractivity contribution in [1.29, 1.82) is 0 Å². The Morgan fingerprint density at radius 2 is 2.07 bits per heavy atom. The van der Waals surface area contributed by atoms with Crippen molar-refractivity contribution < 1.29 is 4.84 Å². The Morgan fingerprint density at radius 1 is 1.27 bits per heavy atom. The van der Waals surface area contributed by atoms with E-state index in [1.165, 1.54) is 0 Å². The van der Waals surface area contributed by atoms with E-state index in [4.69, 9.17) is 4.84 Å². The van der Waals surface area contributed by atoms with Crippen LogP contribution < -0.4 is 4.84 Å². The molecule has 3 heteroatoms. The van der Waals surface area contributed by atoms with Crippen LogP contribution in [0.25, 0.3) is 11.0 Å². The molecule has 0 atom stereocenters. The molecule has 1 aromatic heterocycles. The normalized spacial score (nSPS) is 10.8. The van der Waals surface area contributed by atoms with Crippen LogP contribution in [-0.2, 0) is 6.42 Å². The van der Waals surface area contributed by atoms with Crippen molar-refractivity contribution in [3.8, 4) is 0 Å². The van der Waals surface area contributed by atoms with Gasteiger partial charge in [-0.2, -0.15) is 4.73 Å². The molecule has 2 aromatic rings. The summed E-state index contributed by atoms with van der Waals surface area (Å²) in [7, 11) is 0. The summed E-state index contributed by atoms with van der Waals surface area (Å²) in [6.45, 7) is 4.92. The number of benzene rings is 1. The fourth-order valence-electron chi connectivity index (χ4n) is 1.60. The molecule has 1 heterocycles. The van der Waals surface area contributed by atoms with Crippen LogP contribution in [-0.4, -0.2) is 16.3 Å². The van der Waals surface area contributed by atoms with Gasteiger partial charge in [-0.3, -0.25) is 0 Å². The largest absolute Gasteiger partial charge is 0.412 e. The van der Waals surface area contributed by atoms with Crippen molar-refractivity contribution in [2.75, 3.05) is 6.61 Å². The van der Waals surface area contributed by atoms with Gasteiger partial charge in [0.1, 0.15) is 17.9 Å². The highest BCUT2D eigenvalue weighted by Gasteiger charge is 2.08. The highest BCUT2D eigenvalue weighted by atomic mass is 16.7. The number of hydrogen-bond donors (Lipinski definition) is 0. The van der Waals surface area contributed by atoms with Gasteiger partial charge < -0.3 is 4.84 Å². The van der Waals surface area contributed by atoms with Crippen molar-refractivity contribution in [3.05, 3.63) is 30.1 Å². The molecule has 2 rings (SSSR count). The van der Waals surface area contributed by atoms with Gasteiger partial charge in [0.05, 0.1) is 5.52 Å². The predicted molar refractivity (Wildman–Crippen MR) is 60.8 cm³/mol. The number of para-hydroxylation sites is 2. The Morgan fingerprint density at radius 3 is 2.80 bits per heavy atom. The van der Waals surface area contributed by atoms with Crippen LogP contribution in [0.4, 0.5) is 0 Å². The number of fused-ring (bicyclic) bond motifs is 1. The fourth-order valence-corrected chi connectivity index (χ4v) is 1.60. The molecule has 0 aliphatic carbocycles. The lowest BCUT2D eigenvalue weighted by Crippen LogP contribution is -2.14. The zero-order chi connectivity index (χ0) is 10.7. The predicted octanol–water partition coefficient (Wildman–Crippen LogP) is 2.44. The number of hydrogen-bond acceptors (Lipinski definition) is 2. The maximum atomic E-state index is 5.68. The Balaban J connectivity index is 2.47. The van der Waals surface area contributed by atoms with E-state index < -0.39 is 0 Å². The van der Waals surface area contributed by atoms with Gasteiger partial charge in [-0.1, -0.05) is 26.0 Å². The van der Waals surface area contributed by atoms with E-state index in [0.717, 1.165) is 36.3 Å². The van der Waals surface area contributed by atoms with Gasteiger partial charge in [0, 0.05) is 6.42 Å². The lowest BCUT2D eigenvalue weighted by atomic mass is 10.3. The highest BCUT2D eigenvalue weighted by Crippen LogP contribution is 2.14. The number of aryl methyl sites for hydroxylation is 1. The summed E-state index contributed by atoms with van der Waals surface area (Å²) < 4.78 is 1.86. The second-order valence-electron chi connectivity index (χ2n) is 3.50. The van der Waals surface area contributed by atoms with E-state index in [-0.39, 0.29) is 0 Å². The zero-order valence-corrected chi connectivity index (χ0v) is 9.23. The van der Waals surface area contributed by atoms with Gasteiger partial charge in [0.15, 0.2) is 0 Å². The van der Waals surface area contributed by atoms with Crippen molar-refractivity contribution in [1.82, 2.24) is 9.71 Å². The Bertz CT molecular complexity index is 448. The summed E-state index contributed by atoms with van der Waals surface area (Å²) in [5, 5.41) is 0. The molecule has 0 bridgehead atoms. The minimum atomic E-state index is 0.730. The van der Waals surface area contributed by atoms with E-state index in [1.54, 1.807) is 0 Å². The molecule has 3 nitrogen and oxygen atoms in total. The molecule has 0 aliphatic rings. The van der Waals surface area contributed by atoms with E-state index in [0.29, 0.717) is 0 Å². The summed E-state index contributed by atoms with van der Waals surface area (Å²) in [4.78, 5) is 10.2. The van der Waals surface area contributed by atoms with Crippen LogP contribution in [0.1, 0.15) is 26.1 Å². The van der Waals surface area contributed by atoms with E-state index in [1.807, 2.05) is 29.0 Å². The summed E-state index contributed by atoms with van der Waals surface area (Å²) in [5.41, 5.74) is 2.06. The lowest BCUT2D eigenvalue weighted by molar-refractivity contribution is 0.113. The van der Waals surface area contributed by atoms with Crippen LogP contribution in [0.15, 0.2) is 24.3 Å². The van der Waals surface area contributed by atoms with Gasteiger partial charge in [-0.25, -0.2) is 4.98 Å². The van der Waals surface area contributed by atoms with E-state index in [9.17, 15) is 0 Å². The van der Waals surface area contributed by atoms with Crippen LogP contribution in [0.3, 0.4) is 0 Å². The zero-order valence-electron chi connectivity index (χ0n) is 9.23. The maximum absolute atomic E-state index is 5.68. The van der Waals surface area contributed by atoms with Crippen molar-refractivity contribution in [2.24, 2.45) is 0 Å². The Hall–Kier alpha value is -1.51. The molecule has 0 spiro atoms. The second kappa shape index (κ2) is 4.34. The summed E-state index contributed by atoms with van der Waals surface area (Å²) in [5.74, 6) is 0.990. The molecule has 0 saturated heterocycles. The van der Waals surface area contributed by atoms with Gasteiger partial charge in [-0.05, 0) is 18.6 Å².